The number of ketones is 1. The molecule has 0 amide bonds. The first-order chi connectivity index (χ1) is 11.0. The third kappa shape index (κ3) is 4.68. The van der Waals surface area contributed by atoms with Crippen LogP contribution in [0.4, 0.5) is 0 Å². The molecule has 2 aromatic rings. The van der Waals surface area contributed by atoms with Gasteiger partial charge in [0.2, 0.25) is 0 Å². The van der Waals surface area contributed by atoms with Crippen molar-refractivity contribution in [1.29, 1.82) is 0 Å². The summed E-state index contributed by atoms with van der Waals surface area (Å²) in [5, 5.41) is 9.91. The van der Waals surface area contributed by atoms with Crippen molar-refractivity contribution in [1.82, 2.24) is 0 Å². The van der Waals surface area contributed by atoms with Crippen LogP contribution in [0.2, 0.25) is 10.0 Å². The highest BCUT2D eigenvalue weighted by Crippen LogP contribution is 2.27. The number of carboxylic acids is 1. The van der Waals surface area contributed by atoms with E-state index in [4.69, 9.17) is 23.2 Å². The fourth-order valence-corrected chi connectivity index (χ4v) is 2.60. The lowest BCUT2D eigenvalue weighted by Crippen LogP contribution is -2.13. The summed E-state index contributed by atoms with van der Waals surface area (Å²) in [6, 6.07) is 14.2. The number of hydrogen-bond donors (Lipinski definition) is 1. The molecule has 0 heterocycles. The first kappa shape index (κ1) is 17.3. The maximum atomic E-state index is 12.2. The second-order valence-electron chi connectivity index (χ2n) is 4.91. The minimum absolute atomic E-state index is 0.101. The molecule has 0 aliphatic carbocycles. The van der Waals surface area contributed by atoms with Crippen LogP contribution in [0.1, 0.15) is 17.5 Å². The molecule has 5 heteroatoms. The Labute approximate surface area is 144 Å². The van der Waals surface area contributed by atoms with Gasteiger partial charge in [-0.1, -0.05) is 59.6 Å². The quantitative estimate of drug-likeness (QED) is 0.469. The molecule has 0 radical (unpaired) electrons. The first-order valence-corrected chi connectivity index (χ1v) is 7.70. The molecule has 0 aliphatic heterocycles. The zero-order chi connectivity index (χ0) is 16.8. The highest BCUT2D eigenvalue weighted by molar-refractivity contribution is 6.37. The number of carbonyl (C=O) groups is 2. The summed E-state index contributed by atoms with van der Waals surface area (Å²) >= 11 is 12.0. The van der Waals surface area contributed by atoms with E-state index >= 15 is 0 Å². The largest absolute Gasteiger partial charge is 0.478 e. The zero-order valence-electron chi connectivity index (χ0n) is 12.1. The molecule has 0 aromatic heterocycles. The molecular weight excluding hydrogens is 335 g/mol. The van der Waals surface area contributed by atoms with Gasteiger partial charge >= 0.3 is 5.97 Å². The van der Waals surface area contributed by atoms with Crippen molar-refractivity contribution in [3.05, 3.63) is 75.3 Å². The second kappa shape index (κ2) is 7.95. The van der Waals surface area contributed by atoms with Crippen LogP contribution < -0.4 is 0 Å². The summed E-state index contributed by atoms with van der Waals surface area (Å²) in [4.78, 5) is 23.7. The summed E-state index contributed by atoms with van der Waals surface area (Å²) in [6.45, 7) is 0. The van der Waals surface area contributed by atoms with Crippen molar-refractivity contribution in [2.45, 2.75) is 12.8 Å². The van der Waals surface area contributed by atoms with Gasteiger partial charge in [0.25, 0.3) is 0 Å². The molecule has 0 atom stereocenters. The van der Waals surface area contributed by atoms with E-state index in [1.807, 2.05) is 30.3 Å². The Kier molecular flexibility index (Phi) is 5.97. The molecule has 2 aromatic carbocycles. The number of aliphatic carboxylic acids is 1. The van der Waals surface area contributed by atoms with Gasteiger partial charge in [-0.05, 0) is 30.2 Å². The standard InChI is InChI=1S/C18H14Cl2O3/c19-15-7-4-8-16(20)13(15)11-14(18(22)23)17(21)10-9-12-5-2-1-3-6-12/h1-8,11H,9-10H2,(H,22,23). The Balaban J connectivity index is 2.22. The Morgan fingerprint density at radius 1 is 0.957 bits per heavy atom. The number of hydrogen-bond acceptors (Lipinski definition) is 2. The molecule has 118 valence electrons. The van der Waals surface area contributed by atoms with Crippen LogP contribution in [0.3, 0.4) is 0 Å². The predicted octanol–water partition coefficient (Wildman–Crippen LogP) is 4.66. The molecule has 1 N–H and O–H groups in total. The Morgan fingerprint density at radius 2 is 1.57 bits per heavy atom. The average molecular weight is 349 g/mol. The number of rotatable bonds is 6. The third-order valence-electron chi connectivity index (χ3n) is 3.30. The SMILES string of the molecule is O=C(O)C(=Cc1c(Cl)cccc1Cl)C(=O)CCc1ccccc1. The van der Waals surface area contributed by atoms with Crippen LogP contribution in [0.25, 0.3) is 6.08 Å². The number of aryl methyl sites for hydroxylation is 1. The van der Waals surface area contributed by atoms with E-state index in [9.17, 15) is 14.7 Å². The molecular formula is C18H14Cl2O3. The summed E-state index contributed by atoms with van der Waals surface area (Å²) in [5.41, 5.74) is 0.985. The molecule has 23 heavy (non-hydrogen) atoms. The summed E-state index contributed by atoms with van der Waals surface area (Å²) in [7, 11) is 0. The number of carbonyl (C=O) groups excluding carboxylic acids is 1. The monoisotopic (exact) mass is 348 g/mol. The molecule has 0 bridgehead atoms. The van der Waals surface area contributed by atoms with Gasteiger partial charge in [-0.25, -0.2) is 4.79 Å². The molecule has 0 saturated carbocycles. The molecule has 3 nitrogen and oxygen atoms in total. The van der Waals surface area contributed by atoms with Crippen LogP contribution in [0.15, 0.2) is 54.1 Å². The minimum atomic E-state index is -1.29. The van der Waals surface area contributed by atoms with Crippen LogP contribution in [0, 0.1) is 0 Å². The van der Waals surface area contributed by atoms with Gasteiger partial charge in [-0.2, -0.15) is 0 Å². The lowest BCUT2D eigenvalue weighted by molar-refractivity contribution is -0.134. The van der Waals surface area contributed by atoms with E-state index in [0.29, 0.717) is 22.0 Å². The number of carboxylic acid groups (broad SMARTS) is 1. The topological polar surface area (TPSA) is 54.4 Å². The van der Waals surface area contributed by atoms with Crippen molar-refractivity contribution in [2.24, 2.45) is 0 Å². The lowest BCUT2D eigenvalue weighted by atomic mass is 10.0. The van der Waals surface area contributed by atoms with Crippen LogP contribution in [-0.4, -0.2) is 16.9 Å². The predicted molar refractivity (Wildman–Crippen MR) is 91.8 cm³/mol. The van der Waals surface area contributed by atoms with Crippen molar-refractivity contribution in [3.8, 4) is 0 Å². The molecule has 0 saturated heterocycles. The van der Waals surface area contributed by atoms with Crippen molar-refractivity contribution < 1.29 is 14.7 Å². The highest BCUT2D eigenvalue weighted by Gasteiger charge is 2.18. The number of Topliss-reactive ketones (excluding diaryl/α,β-unsaturated/α-hetero) is 1. The van der Waals surface area contributed by atoms with E-state index in [1.54, 1.807) is 18.2 Å². The van der Waals surface area contributed by atoms with Crippen LogP contribution >= 0.6 is 23.2 Å². The Morgan fingerprint density at radius 3 is 2.13 bits per heavy atom. The number of halogens is 2. The normalized spacial score (nSPS) is 11.3. The number of benzene rings is 2. The smallest absolute Gasteiger partial charge is 0.339 e. The Hall–Kier alpha value is -2.10. The van der Waals surface area contributed by atoms with Crippen LogP contribution in [0.5, 0.6) is 0 Å². The molecule has 0 fully saturated rings. The molecule has 2 rings (SSSR count). The third-order valence-corrected chi connectivity index (χ3v) is 3.96. The average Bonchev–Trinajstić information content (AvgIpc) is 2.53. The maximum Gasteiger partial charge on any atom is 0.339 e. The van der Waals surface area contributed by atoms with E-state index in [2.05, 4.69) is 0 Å². The Bertz CT molecular complexity index is 732. The van der Waals surface area contributed by atoms with Gasteiger partial charge in [-0.15, -0.1) is 0 Å². The maximum absolute atomic E-state index is 12.2. The van der Waals surface area contributed by atoms with Gasteiger partial charge < -0.3 is 5.11 Å². The fourth-order valence-electron chi connectivity index (χ4n) is 2.09. The lowest BCUT2D eigenvalue weighted by Gasteiger charge is -2.05. The molecule has 0 unspecified atom stereocenters. The van der Waals surface area contributed by atoms with Crippen molar-refractivity contribution >= 4 is 41.0 Å². The van der Waals surface area contributed by atoms with Gasteiger partial charge in [0, 0.05) is 22.0 Å². The molecule has 0 aliphatic rings. The highest BCUT2D eigenvalue weighted by atomic mass is 35.5. The van der Waals surface area contributed by atoms with Gasteiger partial charge in [-0.3, -0.25) is 4.79 Å². The first-order valence-electron chi connectivity index (χ1n) is 6.95. The van der Waals surface area contributed by atoms with Crippen molar-refractivity contribution in [3.63, 3.8) is 0 Å². The van der Waals surface area contributed by atoms with Crippen molar-refractivity contribution in [2.75, 3.05) is 0 Å². The van der Waals surface area contributed by atoms with Crippen LogP contribution in [-0.2, 0) is 16.0 Å². The van der Waals surface area contributed by atoms with E-state index < -0.39 is 11.8 Å². The zero-order valence-corrected chi connectivity index (χ0v) is 13.6. The van der Waals surface area contributed by atoms with E-state index in [-0.39, 0.29) is 12.0 Å². The van der Waals surface area contributed by atoms with Gasteiger partial charge in [0.1, 0.15) is 5.57 Å². The van der Waals surface area contributed by atoms with E-state index in [1.165, 1.54) is 6.08 Å². The fraction of sp³-hybridized carbons (Fsp3) is 0.111. The van der Waals surface area contributed by atoms with Gasteiger partial charge in [0.05, 0.1) is 0 Å². The summed E-state index contributed by atoms with van der Waals surface area (Å²) in [6.07, 6.45) is 1.81. The van der Waals surface area contributed by atoms with E-state index in [0.717, 1.165) is 5.56 Å². The minimum Gasteiger partial charge on any atom is -0.478 e. The van der Waals surface area contributed by atoms with Gasteiger partial charge in [0.15, 0.2) is 5.78 Å². The molecule has 0 spiro atoms. The summed E-state index contributed by atoms with van der Waals surface area (Å²) in [5.74, 6) is -1.75. The second-order valence-corrected chi connectivity index (χ2v) is 5.72. The summed E-state index contributed by atoms with van der Waals surface area (Å²) < 4.78 is 0.